The zero-order chi connectivity index (χ0) is 23.8. The van der Waals surface area contributed by atoms with E-state index in [0.29, 0.717) is 29.1 Å². The topological polar surface area (TPSA) is 56.7 Å². The van der Waals surface area contributed by atoms with Crippen molar-refractivity contribution in [3.05, 3.63) is 91.6 Å². The van der Waals surface area contributed by atoms with Gasteiger partial charge in [-0.25, -0.2) is 4.68 Å². The van der Waals surface area contributed by atoms with E-state index in [1.54, 1.807) is 27.7 Å². The fourth-order valence-corrected chi connectivity index (χ4v) is 5.31. The lowest BCUT2D eigenvalue weighted by molar-refractivity contribution is 0.197. The van der Waals surface area contributed by atoms with Crippen molar-refractivity contribution in [2.45, 2.75) is 26.2 Å². The molecule has 0 saturated heterocycles. The van der Waals surface area contributed by atoms with E-state index in [-0.39, 0.29) is 11.6 Å². The Bertz CT molecular complexity index is 1580. The standard InChI is InChI=1S/C25H25N5O2S2/c1-17(22-13-8-14-34-22)27(2)16-29-25(33)30-20-11-6-5-10-19(20)23(31)28(24(30)26-29)15-18-9-4-7-12-21(18)32-3/h4-14,17H,15-16H2,1-3H3. The van der Waals surface area contributed by atoms with Crippen LogP contribution in [-0.4, -0.2) is 37.8 Å². The zero-order valence-electron chi connectivity index (χ0n) is 19.2. The Hall–Kier alpha value is -3.27. The second-order valence-corrected chi connectivity index (χ2v) is 9.57. The van der Waals surface area contributed by atoms with Gasteiger partial charge in [-0.3, -0.25) is 18.7 Å². The van der Waals surface area contributed by atoms with Gasteiger partial charge in [0.1, 0.15) is 5.75 Å². The predicted octanol–water partition coefficient (Wildman–Crippen LogP) is 4.95. The number of ether oxygens (including phenoxy) is 1. The van der Waals surface area contributed by atoms with Crippen LogP contribution in [0.4, 0.5) is 0 Å². The molecule has 0 radical (unpaired) electrons. The maximum atomic E-state index is 13.6. The summed E-state index contributed by atoms with van der Waals surface area (Å²) >= 11 is 7.61. The molecule has 0 N–H and O–H groups in total. The summed E-state index contributed by atoms with van der Waals surface area (Å²) in [5.41, 5.74) is 1.54. The fraction of sp³-hybridized carbons (Fsp3) is 0.240. The number of thiophene rings is 1. The van der Waals surface area contributed by atoms with Crippen molar-refractivity contribution >= 4 is 40.2 Å². The second kappa shape index (κ2) is 9.17. The summed E-state index contributed by atoms with van der Waals surface area (Å²) in [6.45, 7) is 2.99. The number of aromatic nitrogens is 4. The molecule has 0 aliphatic rings. The lowest BCUT2D eigenvalue weighted by atomic mass is 10.2. The highest BCUT2D eigenvalue weighted by atomic mass is 32.1. The Morgan fingerprint density at radius 2 is 1.88 bits per heavy atom. The van der Waals surface area contributed by atoms with Gasteiger partial charge in [0, 0.05) is 16.5 Å². The molecule has 0 spiro atoms. The zero-order valence-corrected chi connectivity index (χ0v) is 20.8. The molecule has 0 saturated carbocycles. The van der Waals surface area contributed by atoms with Gasteiger partial charge in [0.15, 0.2) is 0 Å². The van der Waals surface area contributed by atoms with Gasteiger partial charge in [0.05, 0.1) is 31.2 Å². The molecule has 34 heavy (non-hydrogen) atoms. The van der Waals surface area contributed by atoms with Crippen LogP contribution in [0.2, 0.25) is 0 Å². The van der Waals surface area contributed by atoms with Gasteiger partial charge in [-0.2, -0.15) is 0 Å². The Labute approximate surface area is 206 Å². The number of rotatable bonds is 7. The molecule has 1 unspecified atom stereocenters. The molecule has 0 aliphatic carbocycles. The number of nitrogens with zero attached hydrogens (tertiary/aromatic N) is 5. The van der Waals surface area contributed by atoms with Crippen molar-refractivity contribution in [1.82, 2.24) is 23.6 Å². The van der Waals surface area contributed by atoms with Crippen LogP contribution in [0.25, 0.3) is 16.7 Å². The molecular formula is C25H25N5O2S2. The van der Waals surface area contributed by atoms with Gasteiger partial charge in [-0.15, -0.1) is 16.4 Å². The molecule has 0 bridgehead atoms. The molecule has 0 amide bonds. The third-order valence-corrected chi connectivity index (χ3v) is 7.61. The van der Waals surface area contributed by atoms with Crippen molar-refractivity contribution in [1.29, 1.82) is 0 Å². The average molecular weight is 492 g/mol. The average Bonchev–Trinajstić information content (AvgIpc) is 3.50. The SMILES string of the molecule is COc1ccccc1Cn1c(=O)c2ccccc2n2c(=S)n(CN(C)C(C)c3cccs3)nc12. The first-order valence-electron chi connectivity index (χ1n) is 11.0. The number of hydrogen-bond acceptors (Lipinski definition) is 6. The monoisotopic (exact) mass is 491 g/mol. The normalized spacial score (nSPS) is 12.6. The Balaban J connectivity index is 1.67. The summed E-state index contributed by atoms with van der Waals surface area (Å²) in [6, 6.07) is 19.6. The Kier molecular flexibility index (Phi) is 6.07. The molecule has 3 heterocycles. The maximum absolute atomic E-state index is 13.6. The minimum Gasteiger partial charge on any atom is -0.496 e. The molecule has 3 aromatic heterocycles. The van der Waals surface area contributed by atoms with E-state index in [1.165, 1.54) is 4.88 Å². The molecule has 7 nitrogen and oxygen atoms in total. The van der Waals surface area contributed by atoms with Crippen LogP contribution in [0.15, 0.2) is 70.8 Å². The largest absolute Gasteiger partial charge is 0.496 e. The molecule has 2 aromatic carbocycles. The van der Waals surface area contributed by atoms with Crippen LogP contribution in [0.3, 0.4) is 0 Å². The quantitative estimate of drug-likeness (QED) is 0.302. The molecule has 5 aromatic rings. The summed E-state index contributed by atoms with van der Waals surface area (Å²) < 4.78 is 11.4. The lowest BCUT2D eigenvalue weighted by Gasteiger charge is -2.23. The number of para-hydroxylation sites is 2. The molecule has 9 heteroatoms. The third kappa shape index (κ3) is 3.85. The Morgan fingerprint density at radius 1 is 1.12 bits per heavy atom. The van der Waals surface area contributed by atoms with Crippen LogP contribution in [0.5, 0.6) is 5.75 Å². The van der Waals surface area contributed by atoms with E-state index in [4.69, 9.17) is 22.1 Å². The first-order chi connectivity index (χ1) is 16.5. The van der Waals surface area contributed by atoms with Gasteiger partial charge < -0.3 is 4.74 Å². The van der Waals surface area contributed by atoms with Crippen LogP contribution in [0, 0.1) is 4.77 Å². The van der Waals surface area contributed by atoms with Gasteiger partial charge in [-0.05, 0) is 55.8 Å². The van der Waals surface area contributed by atoms with Gasteiger partial charge in [-0.1, -0.05) is 36.4 Å². The van der Waals surface area contributed by atoms with E-state index >= 15 is 0 Å². The molecule has 0 aliphatic heterocycles. The molecule has 5 rings (SSSR count). The predicted molar refractivity (Wildman–Crippen MR) is 138 cm³/mol. The number of benzene rings is 2. The second-order valence-electron chi connectivity index (χ2n) is 8.23. The number of methoxy groups -OCH3 is 1. The maximum Gasteiger partial charge on any atom is 0.263 e. The van der Waals surface area contributed by atoms with E-state index in [9.17, 15) is 4.79 Å². The molecule has 1 atom stereocenters. The smallest absolute Gasteiger partial charge is 0.263 e. The highest BCUT2D eigenvalue weighted by Crippen LogP contribution is 2.24. The lowest BCUT2D eigenvalue weighted by Crippen LogP contribution is -2.26. The molecule has 0 fully saturated rings. The third-order valence-electron chi connectivity index (χ3n) is 6.18. The minimum atomic E-state index is -0.110. The number of hydrogen-bond donors (Lipinski definition) is 0. The Morgan fingerprint density at radius 3 is 2.65 bits per heavy atom. The highest BCUT2D eigenvalue weighted by Gasteiger charge is 2.19. The highest BCUT2D eigenvalue weighted by molar-refractivity contribution is 7.71. The minimum absolute atomic E-state index is 0.110. The summed E-state index contributed by atoms with van der Waals surface area (Å²) in [4.78, 5) is 17.0. The first-order valence-corrected chi connectivity index (χ1v) is 12.2. The number of fused-ring (bicyclic) bond motifs is 3. The van der Waals surface area contributed by atoms with Gasteiger partial charge in [0.2, 0.25) is 10.5 Å². The summed E-state index contributed by atoms with van der Waals surface area (Å²) in [7, 11) is 3.68. The van der Waals surface area contributed by atoms with Gasteiger partial charge >= 0.3 is 0 Å². The van der Waals surface area contributed by atoms with Crippen molar-refractivity contribution < 1.29 is 4.74 Å². The van der Waals surface area contributed by atoms with Crippen LogP contribution >= 0.6 is 23.6 Å². The van der Waals surface area contributed by atoms with E-state index in [0.717, 1.165) is 16.8 Å². The van der Waals surface area contributed by atoms with E-state index < -0.39 is 0 Å². The van der Waals surface area contributed by atoms with Crippen LogP contribution in [-0.2, 0) is 13.2 Å². The van der Waals surface area contributed by atoms with Crippen molar-refractivity contribution in [3.8, 4) is 5.75 Å². The van der Waals surface area contributed by atoms with Crippen molar-refractivity contribution in [2.75, 3.05) is 14.2 Å². The summed E-state index contributed by atoms with van der Waals surface area (Å²) in [5, 5.41) is 7.52. The van der Waals surface area contributed by atoms with Crippen molar-refractivity contribution in [3.63, 3.8) is 0 Å². The summed E-state index contributed by atoms with van der Waals surface area (Å²) in [6.07, 6.45) is 0. The fourth-order valence-electron chi connectivity index (χ4n) is 4.19. The van der Waals surface area contributed by atoms with E-state index in [2.05, 4.69) is 36.4 Å². The summed E-state index contributed by atoms with van der Waals surface area (Å²) in [5.74, 6) is 1.24. The molecule has 174 valence electrons. The first kappa shape index (κ1) is 22.5. The van der Waals surface area contributed by atoms with Crippen LogP contribution in [0.1, 0.15) is 23.4 Å². The van der Waals surface area contributed by atoms with Crippen molar-refractivity contribution in [2.24, 2.45) is 0 Å². The molecular weight excluding hydrogens is 466 g/mol. The van der Waals surface area contributed by atoms with E-state index in [1.807, 2.05) is 52.9 Å². The van der Waals surface area contributed by atoms with Gasteiger partial charge in [0.25, 0.3) is 5.56 Å². The van der Waals surface area contributed by atoms with Crippen LogP contribution < -0.4 is 10.3 Å².